The smallest absolute Gasteiger partial charge is 0.261 e. The van der Waals surface area contributed by atoms with Crippen LogP contribution in [0.25, 0.3) is 0 Å². The number of carbonyl (C=O) groups is 1. The fourth-order valence-electron chi connectivity index (χ4n) is 2.44. The van der Waals surface area contributed by atoms with Crippen molar-refractivity contribution in [3.05, 3.63) is 51.2 Å². The second-order valence-corrected chi connectivity index (χ2v) is 7.92. The van der Waals surface area contributed by atoms with Gasteiger partial charge in [-0.15, -0.1) is 11.8 Å². The standard InChI is InChI=1S/C16H13Cl3N2OS/c1-9-6-7-21(12-8-10(17)2-4-13(12)23-9)16(22)11-3-5-14(18)20-15(11)19/h2-5,8-9H,6-7H2,1H3. The lowest BCUT2D eigenvalue weighted by Crippen LogP contribution is -2.32. The Kier molecular flexibility index (Phi) is 5.07. The molecule has 0 saturated heterocycles. The minimum atomic E-state index is -0.197. The number of amides is 1. The summed E-state index contributed by atoms with van der Waals surface area (Å²) in [6.45, 7) is 2.74. The zero-order valence-corrected chi connectivity index (χ0v) is 15.3. The van der Waals surface area contributed by atoms with Gasteiger partial charge in [-0.2, -0.15) is 0 Å². The lowest BCUT2D eigenvalue weighted by Gasteiger charge is -2.23. The van der Waals surface area contributed by atoms with E-state index in [2.05, 4.69) is 11.9 Å². The van der Waals surface area contributed by atoms with Crippen LogP contribution < -0.4 is 4.90 Å². The Hall–Kier alpha value is -0.940. The van der Waals surface area contributed by atoms with Crippen molar-refractivity contribution >= 4 is 58.2 Å². The van der Waals surface area contributed by atoms with Gasteiger partial charge in [-0.25, -0.2) is 4.98 Å². The molecule has 2 heterocycles. The summed E-state index contributed by atoms with van der Waals surface area (Å²) in [4.78, 5) is 19.7. The molecule has 3 rings (SSSR count). The molecule has 2 aromatic rings. The summed E-state index contributed by atoms with van der Waals surface area (Å²) in [5.41, 5.74) is 1.14. The van der Waals surface area contributed by atoms with Crippen molar-refractivity contribution in [1.29, 1.82) is 0 Å². The van der Waals surface area contributed by atoms with E-state index in [1.165, 1.54) is 0 Å². The van der Waals surface area contributed by atoms with Crippen LogP contribution in [-0.4, -0.2) is 22.7 Å². The molecular formula is C16H13Cl3N2OS. The van der Waals surface area contributed by atoms with E-state index in [4.69, 9.17) is 34.8 Å². The number of rotatable bonds is 1. The molecule has 0 radical (unpaired) electrons. The van der Waals surface area contributed by atoms with Gasteiger partial charge in [-0.05, 0) is 36.8 Å². The Morgan fingerprint density at radius 2 is 2.04 bits per heavy atom. The molecule has 1 atom stereocenters. The number of halogens is 3. The Morgan fingerprint density at radius 3 is 2.78 bits per heavy atom. The summed E-state index contributed by atoms with van der Waals surface area (Å²) < 4.78 is 0. The largest absolute Gasteiger partial charge is 0.307 e. The summed E-state index contributed by atoms with van der Waals surface area (Å²) >= 11 is 19.8. The van der Waals surface area contributed by atoms with Crippen molar-refractivity contribution in [2.45, 2.75) is 23.5 Å². The maximum Gasteiger partial charge on any atom is 0.261 e. The van der Waals surface area contributed by atoms with Gasteiger partial charge in [0, 0.05) is 21.7 Å². The molecule has 0 N–H and O–H groups in total. The minimum Gasteiger partial charge on any atom is -0.307 e. The third-order valence-corrected chi connectivity index (χ3v) is 5.56. The number of thioether (sulfide) groups is 1. The summed E-state index contributed by atoms with van der Waals surface area (Å²) in [7, 11) is 0. The molecule has 120 valence electrons. The van der Waals surface area contributed by atoms with Crippen molar-refractivity contribution in [3.63, 3.8) is 0 Å². The molecular weight excluding hydrogens is 375 g/mol. The maximum atomic E-state index is 13.0. The Bertz CT molecular complexity index is 769. The Balaban J connectivity index is 2.05. The molecule has 1 unspecified atom stereocenters. The van der Waals surface area contributed by atoms with Gasteiger partial charge in [-0.1, -0.05) is 41.7 Å². The molecule has 0 saturated carbocycles. The molecule has 0 aliphatic carbocycles. The van der Waals surface area contributed by atoms with E-state index >= 15 is 0 Å². The number of nitrogens with zero attached hydrogens (tertiary/aromatic N) is 2. The molecule has 7 heteroatoms. The van der Waals surface area contributed by atoms with Crippen molar-refractivity contribution < 1.29 is 4.79 Å². The second kappa shape index (κ2) is 6.89. The van der Waals surface area contributed by atoms with E-state index in [-0.39, 0.29) is 16.2 Å². The van der Waals surface area contributed by atoms with Crippen molar-refractivity contribution in [2.24, 2.45) is 0 Å². The number of hydrogen-bond donors (Lipinski definition) is 0. The molecule has 1 aromatic carbocycles. The summed E-state index contributed by atoms with van der Waals surface area (Å²) in [5, 5.41) is 1.37. The van der Waals surface area contributed by atoms with Gasteiger partial charge in [0.15, 0.2) is 0 Å². The Labute approximate surface area is 153 Å². The zero-order chi connectivity index (χ0) is 16.6. The van der Waals surface area contributed by atoms with Gasteiger partial charge in [0.2, 0.25) is 0 Å². The average Bonchev–Trinajstić information content (AvgIpc) is 2.65. The topological polar surface area (TPSA) is 33.2 Å². The highest BCUT2D eigenvalue weighted by Gasteiger charge is 2.27. The van der Waals surface area contributed by atoms with Crippen LogP contribution in [-0.2, 0) is 0 Å². The highest BCUT2D eigenvalue weighted by atomic mass is 35.5. The van der Waals surface area contributed by atoms with Gasteiger partial charge >= 0.3 is 0 Å². The van der Waals surface area contributed by atoms with Crippen LogP contribution in [0.3, 0.4) is 0 Å². The van der Waals surface area contributed by atoms with Gasteiger partial charge in [0.1, 0.15) is 10.3 Å². The number of hydrogen-bond acceptors (Lipinski definition) is 3. The summed E-state index contributed by atoms with van der Waals surface area (Å²) in [6, 6.07) is 8.77. The molecule has 0 bridgehead atoms. The van der Waals surface area contributed by atoms with Crippen LogP contribution in [0.2, 0.25) is 15.3 Å². The third-order valence-electron chi connectivity index (χ3n) is 3.59. The summed E-state index contributed by atoms with van der Waals surface area (Å²) in [5.74, 6) is -0.197. The third kappa shape index (κ3) is 3.61. The van der Waals surface area contributed by atoms with Crippen LogP contribution >= 0.6 is 46.6 Å². The van der Waals surface area contributed by atoms with Gasteiger partial charge in [0.05, 0.1) is 11.3 Å². The predicted octanol–water partition coefficient (Wildman–Crippen LogP) is 5.57. The van der Waals surface area contributed by atoms with E-state index in [9.17, 15) is 4.79 Å². The molecule has 23 heavy (non-hydrogen) atoms. The normalized spacial score (nSPS) is 17.6. The minimum absolute atomic E-state index is 0.107. The van der Waals surface area contributed by atoms with Gasteiger partial charge < -0.3 is 4.90 Å². The first-order valence-electron chi connectivity index (χ1n) is 7.06. The molecule has 1 amide bonds. The average molecular weight is 388 g/mol. The van der Waals surface area contributed by atoms with Crippen LogP contribution in [0.5, 0.6) is 0 Å². The molecule has 0 fully saturated rings. The monoisotopic (exact) mass is 386 g/mol. The lowest BCUT2D eigenvalue weighted by molar-refractivity contribution is 0.0986. The van der Waals surface area contributed by atoms with Crippen LogP contribution in [0, 0.1) is 0 Å². The van der Waals surface area contributed by atoms with Crippen LogP contribution in [0.15, 0.2) is 35.2 Å². The highest BCUT2D eigenvalue weighted by molar-refractivity contribution is 8.00. The fraction of sp³-hybridized carbons (Fsp3) is 0.250. The number of carbonyl (C=O) groups excluding carboxylic acids is 1. The van der Waals surface area contributed by atoms with E-state index in [0.717, 1.165) is 17.0 Å². The van der Waals surface area contributed by atoms with E-state index in [1.807, 2.05) is 18.2 Å². The SMILES string of the molecule is CC1CCN(C(=O)c2ccc(Cl)nc2Cl)c2cc(Cl)ccc2S1. The second-order valence-electron chi connectivity index (χ2n) is 5.26. The van der Waals surface area contributed by atoms with Gasteiger partial charge in [0.25, 0.3) is 5.91 Å². The molecule has 1 aromatic heterocycles. The van der Waals surface area contributed by atoms with Crippen LogP contribution in [0.4, 0.5) is 5.69 Å². The van der Waals surface area contributed by atoms with E-state index in [0.29, 0.717) is 22.4 Å². The molecule has 1 aliphatic heterocycles. The number of pyridine rings is 1. The number of benzene rings is 1. The summed E-state index contributed by atoms with van der Waals surface area (Å²) in [6.07, 6.45) is 0.876. The first-order chi connectivity index (χ1) is 11.0. The number of aromatic nitrogens is 1. The highest BCUT2D eigenvalue weighted by Crippen LogP contribution is 2.39. The Morgan fingerprint density at radius 1 is 1.26 bits per heavy atom. The van der Waals surface area contributed by atoms with E-state index < -0.39 is 0 Å². The van der Waals surface area contributed by atoms with Crippen molar-refractivity contribution in [2.75, 3.05) is 11.4 Å². The molecule has 3 nitrogen and oxygen atoms in total. The molecule has 1 aliphatic rings. The predicted molar refractivity (Wildman–Crippen MR) is 97.3 cm³/mol. The first-order valence-corrected chi connectivity index (χ1v) is 9.07. The van der Waals surface area contributed by atoms with Crippen LogP contribution in [0.1, 0.15) is 23.7 Å². The fourth-order valence-corrected chi connectivity index (χ4v) is 4.12. The number of anilines is 1. The van der Waals surface area contributed by atoms with Gasteiger partial charge in [-0.3, -0.25) is 4.79 Å². The zero-order valence-electron chi connectivity index (χ0n) is 12.2. The quantitative estimate of drug-likeness (QED) is 0.599. The lowest BCUT2D eigenvalue weighted by atomic mass is 10.2. The van der Waals surface area contributed by atoms with Crippen molar-refractivity contribution in [3.8, 4) is 0 Å². The van der Waals surface area contributed by atoms with Crippen molar-refractivity contribution in [1.82, 2.24) is 4.98 Å². The molecule has 0 spiro atoms. The first kappa shape index (κ1) is 16.9. The maximum absolute atomic E-state index is 13.0. The van der Waals surface area contributed by atoms with E-state index in [1.54, 1.807) is 28.8 Å². The number of fused-ring (bicyclic) bond motifs is 1.